The lowest BCUT2D eigenvalue weighted by molar-refractivity contribution is -0.149. The molecule has 2 heteroatoms. The molecule has 0 radical (unpaired) electrons. The first-order valence-electron chi connectivity index (χ1n) is 6.10. The Labute approximate surface area is 97.4 Å². The summed E-state index contributed by atoms with van der Waals surface area (Å²) in [5.41, 5.74) is 2.39. The summed E-state index contributed by atoms with van der Waals surface area (Å²) in [5.74, 6) is 0.666. The Balaban J connectivity index is 1.96. The molecule has 2 aliphatic rings. The molecule has 0 aromatic rings. The standard InChI is InChI=1S/C14H20O2/c1-9(2)12-5-4-10(3)13(8-12)16-14(15)11-6-7-11/h4,11-13H,1,5-8H2,2-3H3. The van der Waals surface area contributed by atoms with E-state index in [1.54, 1.807) is 0 Å². The highest BCUT2D eigenvalue weighted by atomic mass is 16.5. The van der Waals surface area contributed by atoms with Gasteiger partial charge in [0, 0.05) is 0 Å². The lowest BCUT2D eigenvalue weighted by Crippen LogP contribution is -2.26. The predicted molar refractivity (Wildman–Crippen MR) is 63.9 cm³/mol. The molecule has 2 unspecified atom stereocenters. The van der Waals surface area contributed by atoms with Crippen LogP contribution >= 0.6 is 0 Å². The lowest BCUT2D eigenvalue weighted by Gasteiger charge is -2.28. The van der Waals surface area contributed by atoms with Gasteiger partial charge >= 0.3 is 5.97 Å². The number of rotatable bonds is 3. The normalized spacial score (nSPS) is 29.5. The molecule has 16 heavy (non-hydrogen) atoms. The van der Waals surface area contributed by atoms with Crippen LogP contribution in [0.5, 0.6) is 0 Å². The molecular weight excluding hydrogens is 200 g/mol. The van der Waals surface area contributed by atoms with Crippen LogP contribution < -0.4 is 0 Å². The molecule has 1 fully saturated rings. The number of ether oxygens (including phenoxy) is 1. The van der Waals surface area contributed by atoms with Crippen molar-refractivity contribution in [1.82, 2.24) is 0 Å². The number of hydrogen-bond donors (Lipinski definition) is 0. The number of carbonyl (C=O) groups is 1. The predicted octanol–water partition coefficient (Wildman–Crippen LogP) is 3.24. The summed E-state index contributed by atoms with van der Waals surface area (Å²) in [4.78, 5) is 11.6. The van der Waals surface area contributed by atoms with E-state index >= 15 is 0 Å². The Hall–Kier alpha value is -1.05. The molecule has 0 saturated heterocycles. The Morgan fingerprint density at radius 3 is 2.69 bits per heavy atom. The average Bonchev–Trinajstić information content (AvgIpc) is 3.04. The Morgan fingerprint density at radius 2 is 2.12 bits per heavy atom. The van der Waals surface area contributed by atoms with Crippen molar-refractivity contribution in [2.75, 3.05) is 0 Å². The summed E-state index contributed by atoms with van der Waals surface area (Å²) in [6.07, 6.45) is 6.15. The molecule has 2 rings (SSSR count). The highest BCUT2D eigenvalue weighted by molar-refractivity contribution is 5.75. The van der Waals surface area contributed by atoms with Crippen LogP contribution in [0, 0.1) is 11.8 Å². The Morgan fingerprint density at radius 1 is 1.44 bits per heavy atom. The second kappa shape index (κ2) is 4.44. The molecule has 0 aromatic heterocycles. The number of esters is 1. The monoisotopic (exact) mass is 220 g/mol. The van der Waals surface area contributed by atoms with Crippen LogP contribution in [0.25, 0.3) is 0 Å². The van der Waals surface area contributed by atoms with Crippen LogP contribution in [0.1, 0.15) is 39.5 Å². The van der Waals surface area contributed by atoms with E-state index < -0.39 is 0 Å². The van der Waals surface area contributed by atoms with Gasteiger partial charge in [0.25, 0.3) is 0 Å². The van der Waals surface area contributed by atoms with Gasteiger partial charge in [0.05, 0.1) is 5.92 Å². The van der Waals surface area contributed by atoms with Crippen LogP contribution in [0.2, 0.25) is 0 Å². The van der Waals surface area contributed by atoms with E-state index in [9.17, 15) is 4.79 Å². The largest absolute Gasteiger partial charge is 0.458 e. The van der Waals surface area contributed by atoms with Crippen molar-refractivity contribution in [3.8, 4) is 0 Å². The van der Waals surface area contributed by atoms with Gasteiger partial charge < -0.3 is 4.74 Å². The maximum Gasteiger partial charge on any atom is 0.309 e. The molecule has 2 atom stereocenters. The maximum atomic E-state index is 11.6. The minimum absolute atomic E-state index is 0.000107. The van der Waals surface area contributed by atoms with Gasteiger partial charge in [-0.15, -0.1) is 0 Å². The van der Waals surface area contributed by atoms with E-state index in [4.69, 9.17) is 4.74 Å². The van der Waals surface area contributed by atoms with Crippen LogP contribution in [0.4, 0.5) is 0 Å². The fraction of sp³-hybridized carbons (Fsp3) is 0.643. The van der Waals surface area contributed by atoms with Crippen molar-refractivity contribution < 1.29 is 9.53 Å². The molecule has 0 bridgehead atoms. The van der Waals surface area contributed by atoms with E-state index in [0.29, 0.717) is 5.92 Å². The third kappa shape index (κ3) is 2.55. The fourth-order valence-corrected chi connectivity index (χ4v) is 2.10. The quantitative estimate of drug-likeness (QED) is 0.539. The van der Waals surface area contributed by atoms with Gasteiger partial charge in [0.15, 0.2) is 0 Å². The molecule has 88 valence electrons. The minimum atomic E-state index is -0.0106. The zero-order valence-corrected chi connectivity index (χ0v) is 10.2. The van der Waals surface area contributed by atoms with E-state index in [0.717, 1.165) is 25.7 Å². The molecule has 0 aliphatic heterocycles. The van der Waals surface area contributed by atoms with Crippen molar-refractivity contribution in [3.63, 3.8) is 0 Å². The van der Waals surface area contributed by atoms with Gasteiger partial charge in [-0.3, -0.25) is 4.79 Å². The molecule has 1 saturated carbocycles. The first-order chi connectivity index (χ1) is 7.58. The second-order valence-electron chi connectivity index (χ2n) is 5.16. The first kappa shape index (κ1) is 11.4. The zero-order valence-electron chi connectivity index (χ0n) is 10.2. The SMILES string of the molecule is C=C(C)C1CC=C(C)C(OC(=O)C2CC2)C1. The molecule has 0 spiro atoms. The van der Waals surface area contributed by atoms with Crippen LogP contribution in [0.3, 0.4) is 0 Å². The molecule has 2 aliphatic carbocycles. The average molecular weight is 220 g/mol. The van der Waals surface area contributed by atoms with Gasteiger partial charge in [0.1, 0.15) is 6.10 Å². The fourth-order valence-electron chi connectivity index (χ4n) is 2.10. The summed E-state index contributed by atoms with van der Waals surface area (Å²) in [6.45, 7) is 8.10. The minimum Gasteiger partial charge on any atom is -0.458 e. The van der Waals surface area contributed by atoms with Crippen molar-refractivity contribution in [2.24, 2.45) is 11.8 Å². The van der Waals surface area contributed by atoms with Gasteiger partial charge in [0.2, 0.25) is 0 Å². The molecular formula is C14H20O2. The molecule has 0 N–H and O–H groups in total. The van der Waals surface area contributed by atoms with E-state index in [2.05, 4.69) is 26.5 Å². The van der Waals surface area contributed by atoms with Gasteiger partial charge in [-0.1, -0.05) is 18.2 Å². The Kier molecular flexibility index (Phi) is 3.17. The third-order valence-electron chi connectivity index (χ3n) is 3.60. The topological polar surface area (TPSA) is 26.3 Å². The summed E-state index contributed by atoms with van der Waals surface area (Å²) in [5, 5.41) is 0. The number of carbonyl (C=O) groups excluding carboxylic acids is 1. The maximum absolute atomic E-state index is 11.6. The zero-order chi connectivity index (χ0) is 11.7. The number of allylic oxidation sites excluding steroid dienone is 2. The highest BCUT2D eigenvalue weighted by Gasteiger charge is 2.34. The smallest absolute Gasteiger partial charge is 0.309 e. The van der Waals surface area contributed by atoms with Gasteiger partial charge in [-0.05, 0) is 51.0 Å². The second-order valence-corrected chi connectivity index (χ2v) is 5.16. The lowest BCUT2D eigenvalue weighted by atomic mass is 9.84. The number of hydrogen-bond acceptors (Lipinski definition) is 2. The summed E-state index contributed by atoms with van der Waals surface area (Å²) in [6, 6.07) is 0. The van der Waals surface area contributed by atoms with Gasteiger partial charge in [-0.25, -0.2) is 0 Å². The molecule has 2 nitrogen and oxygen atoms in total. The summed E-state index contributed by atoms with van der Waals surface area (Å²) in [7, 11) is 0. The van der Waals surface area contributed by atoms with Crippen molar-refractivity contribution in [3.05, 3.63) is 23.8 Å². The molecule has 0 heterocycles. The van der Waals surface area contributed by atoms with Gasteiger partial charge in [-0.2, -0.15) is 0 Å². The first-order valence-corrected chi connectivity index (χ1v) is 6.10. The van der Waals surface area contributed by atoms with Crippen LogP contribution in [-0.2, 0) is 9.53 Å². The molecule has 0 amide bonds. The summed E-state index contributed by atoms with van der Waals surface area (Å²) >= 11 is 0. The summed E-state index contributed by atoms with van der Waals surface area (Å²) < 4.78 is 5.56. The van der Waals surface area contributed by atoms with Crippen molar-refractivity contribution in [1.29, 1.82) is 0 Å². The van der Waals surface area contributed by atoms with Crippen LogP contribution in [0.15, 0.2) is 23.8 Å². The van der Waals surface area contributed by atoms with E-state index in [1.165, 1.54) is 11.1 Å². The van der Waals surface area contributed by atoms with Crippen molar-refractivity contribution >= 4 is 5.97 Å². The highest BCUT2D eigenvalue weighted by Crippen LogP contribution is 2.34. The van der Waals surface area contributed by atoms with E-state index in [-0.39, 0.29) is 18.0 Å². The third-order valence-corrected chi connectivity index (χ3v) is 3.60. The van der Waals surface area contributed by atoms with Crippen LogP contribution in [-0.4, -0.2) is 12.1 Å². The Bertz CT molecular complexity index is 337. The van der Waals surface area contributed by atoms with E-state index in [1.807, 2.05) is 0 Å². The van der Waals surface area contributed by atoms with Crippen molar-refractivity contribution in [2.45, 2.75) is 45.6 Å². The molecule has 0 aromatic carbocycles.